The Labute approximate surface area is 125 Å². The minimum Gasteiger partial charge on any atom is -0.380 e. The number of aromatic nitrogens is 2. The lowest BCUT2D eigenvalue weighted by Gasteiger charge is -2.26. The Hall–Kier alpha value is -1.18. The van der Waals surface area contributed by atoms with Crippen molar-refractivity contribution >= 4 is 21.6 Å². The van der Waals surface area contributed by atoms with Gasteiger partial charge in [-0.2, -0.15) is 5.10 Å². The fourth-order valence-corrected chi connectivity index (χ4v) is 2.51. The molecule has 1 aromatic heterocycles. The van der Waals surface area contributed by atoms with Crippen molar-refractivity contribution in [2.24, 2.45) is 0 Å². The molecule has 110 valence electrons. The van der Waals surface area contributed by atoms with Gasteiger partial charge in [-0.1, -0.05) is 6.08 Å². The lowest BCUT2D eigenvalue weighted by molar-refractivity contribution is -0.00621. The van der Waals surface area contributed by atoms with Crippen LogP contribution >= 0.6 is 15.9 Å². The SMILES string of the molecule is C=CCn1ncc(NCC2(OC)CCOC2)c(Br)c1=O. The van der Waals surface area contributed by atoms with Crippen LogP contribution in [0.2, 0.25) is 0 Å². The number of halogens is 1. The van der Waals surface area contributed by atoms with E-state index in [4.69, 9.17) is 9.47 Å². The first-order valence-corrected chi connectivity index (χ1v) is 7.14. The van der Waals surface area contributed by atoms with E-state index in [0.29, 0.717) is 36.5 Å². The van der Waals surface area contributed by atoms with Crippen LogP contribution in [-0.4, -0.2) is 42.2 Å². The molecule has 1 fully saturated rings. The molecule has 2 heterocycles. The maximum absolute atomic E-state index is 12.0. The number of ether oxygens (including phenoxy) is 2. The molecule has 0 bridgehead atoms. The van der Waals surface area contributed by atoms with Crippen molar-refractivity contribution in [1.82, 2.24) is 9.78 Å². The van der Waals surface area contributed by atoms with Gasteiger partial charge in [0, 0.05) is 26.7 Å². The average molecular weight is 344 g/mol. The van der Waals surface area contributed by atoms with Gasteiger partial charge in [-0.3, -0.25) is 4.79 Å². The van der Waals surface area contributed by atoms with Crippen LogP contribution in [-0.2, 0) is 16.0 Å². The Morgan fingerprint density at radius 3 is 3.15 bits per heavy atom. The van der Waals surface area contributed by atoms with Gasteiger partial charge in [0.1, 0.15) is 10.1 Å². The van der Waals surface area contributed by atoms with E-state index in [2.05, 4.69) is 32.9 Å². The normalized spacial score (nSPS) is 21.9. The summed E-state index contributed by atoms with van der Waals surface area (Å²) >= 11 is 3.31. The molecular formula is C13H18BrN3O3. The van der Waals surface area contributed by atoms with Crippen molar-refractivity contribution in [3.05, 3.63) is 33.7 Å². The average Bonchev–Trinajstić information content (AvgIpc) is 2.93. The summed E-state index contributed by atoms with van der Waals surface area (Å²) in [5.41, 5.74) is 0.123. The lowest BCUT2D eigenvalue weighted by Crippen LogP contribution is -2.40. The third-order valence-corrected chi connectivity index (χ3v) is 4.15. The summed E-state index contributed by atoms with van der Waals surface area (Å²) in [5.74, 6) is 0. The van der Waals surface area contributed by atoms with Crippen molar-refractivity contribution in [2.45, 2.75) is 18.6 Å². The van der Waals surface area contributed by atoms with Crippen LogP contribution in [0.15, 0.2) is 28.1 Å². The van der Waals surface area contributed by atoms with Gasteiger partial charge >= 0.3 is 0 Å². The second kappa shape index (κ2) is 6.51. The van der Waals surface area contributed by atoms with Crippen LogP contribution in [0.5, 0.6) is 0 Å². The van der Waals surface area contributed by atoms with Gasteiger partial charge in [-0.15, -0.1) is 6.58 Å². The molecule has 1 N–H and O–H groups in total. The van der Waals surface area contributed by atoms with Crippen LogP contribution in [0, 0.1) is 0 Å². The van der Waals surface area contributed by atoms with E-state index in [9.17, 15) is 4.79 Å². The molecule has 0 spiro atoms. The lowest BCUT2D eigenvalue weighted by atomic mass is 10.0. The second-order valence-electron chi connectivity index (χ2n) is 4.69. The highest BCUT2D eigenvalue weighted by Gasteiger charge is 2.34. The Balaban J connectivity index is 2.12. The minimum atomic E-state index is -0.338. The Bertz CT molecular complexity index is 538. The Morgan fingerprint density at radius 1 is 1.75 bits per heavy atom. The Kier molecular flexibility index (Phi) is 4.95. The topological polar surface area (TPSA) is 65.4 Å². The highest BCUT2D eigenvalue weighted by molar-refractivity contribution is 9.10. The largest absolute Gasteiger partial charge is 0.380 e. The predicted molar refractivity (Wildman–Crippen MR) is 80.1 cm³/mol. The molecule has 0 amide bonds. The molecule has 6 nitrogen and oxygen atoms in total. The molecule has 1 aliphatic heterocycles. The molecule has 20 heavy (non-hydrogen) atoms. The summed E-state index contributed by atoms with van der Waals surface area (Å²) in [4.78, 5) is 12.0. The zero-order valence-corrected chi connectivity index (χ0v) is 13.0. The summed E-state index contributed by atoms with van der Waals surface area (Å²) in [6.45, 7) is 5.78. The third kappa shape index (κ3) is 3.11. The third-order valence-electron chi connectivity index (χ3n) is 3.39. The summed E-state index contributed by atoms with van der Waals surface area (Å²) in [5, 5.41) is 7.29. The maximum Gasteiger partial charge on any atom is 0.283 e. The molecule has 1 aromatic rings. The standard InChI is InChI=1S/C13H18BrN3O3/c1-3-5-17-12(18)11(14)10(7-16-17)15-8-13(19-2)4-6-20-9-13/h3,7,15H,1,4-6,8-9H2,2H3. The number of anilines is 1. The number of nitrogens with one attached hydrogen (secondary N) is 1. The Morgan fingerprint density at radius 2 is 2.55 bits per heavy atom. The first kappa shape index (κ1) is 15.2. The summed E-state index contributed by atoms with van der Waals surface area (Å²) in [7, 11) is 1.67. The summed E-state index contributed by atoms with van der Waals surface area (Å²) in [6.07, 6.45) is 4.08. The van der Waals surface area contributed by atoms with Gasteiger partial charge in [0.2, 0.25) is 0 Å². The summed E-state index contributed by atoms with van der Waals surface area (Å²) in [6, 6.07) is 0. The van der Waals surface area contributed by atoms with Crippen molar-refractivity contribution in [3.63, 3.8) is 0 Å². The molecule has 0 aliphatic carbocycles. The number of methoxy groups -OCH3 is 1. The van der Waals surface area contributed by atoms with Crippen LogP contribution < -0.4 is 10.9 Å². The van der Waals surface area contributed by atoms with Crippen LogP contribution in [0.4, 0.5) is 5.69 Å². The van der Waals surface area contributed by atoms with E-state index in [1.807, 2.05) is 0 Å². The summed E-state index contributed by atoms with van der Waals surface area (Å²) < 4.78 is 12.7. The predicted octanol–water partition coefficient (Wildman–Crippen LogP) is 1.41. The number of nitrogens with zero attached hydrogens (tertiary/aromatic N) is 2. The van der Waals surface area contributed by atoms with Gasteiger partial charge in [-0.25, -0.2) is 4.68 Å². The molecule has 0 aromatic carbocycles. The van der Waals surface area contributed by atoms with E-state index < -0.39 is 0 Å². The highest BCUT2D eigenvalue weighted by atomic mass is 79.9. The zero-order valence-electron chi connectivity index (χ0n) is 11.4. The van der Waals surface area contributed by atoms with Gasteiger partial charge in [0.05, 0.1) is 25.0 Å². The molecule has 0 radical (unpaired) electrons. The smallest absolute Gasteiger partial charge is 0.283 e. The quantitative estimate of drug-likeness (QED) is 0.791. The van der Waals surface area contributed by atoms with E-state index in [1.165, 1.54) is 4.68 Å². The van der Waals surface area contributed by atoms with Gasteiger partial charge in [0.15, 0.2) is 0 Å². The fraction of sp³-hybridized carbons (Fsp3) is 0.538. The minimum absolute atomic E-state index is 0.191. The molecule has 1 aliphatic rings. The molecule has 1 atom stereocenters. The second-order valence-corrected chi connectivity index (χ2v) is 5.48. The highest BCUT2D eigenvalue weighted by Crippen LogP contribution is 2.24. The molecule has 1 unspecified atom stereocenters. The van der Waals surface area contributed by atoms with E-state index in [1.54, 1.807) is 19.4 Å². The number of hydrogen-bond donors (Lipinski definition) is 1. The number of hydrogen-bond acceptors (Lipinski definition) is 5. The first-order valence-electron chi connectivity index (χ1n) is 6.35. The maximum atomic E-state index is 12.0. The first-order chi connectivity index (χ1) is 9.62. The molecule has 2 rings (SSSR count). The van der Waals surface area contributed by atoms with Crippen LogP contribution in [0.3, 0.4) is 0 Å². The van der Waals surface area contributed by atoms with Gasteiger partial charge < -0.3 is 14.8 Å². The van der Waals surface area contributed by atoms with Crippen molar-refractivity contribution in [1.29, 1.82) is 0 Å². The van der Waals surface area contributed by atoms with E-state index >= 15 is 0 Å². The van der Waals surface area contributed by atoms with E-state index in [-0.39, 0.29) is 11.2 Å². The fourth-order valence-electron chi connectivity index (χ4n) is 2.06. The molecule has 7 heteroatoms. The number of allylic oxidation sites excluding steroid dienone is 1. The van der Waals surface area contributed by atoms with Crippen LogP contribution in [0.25, 0.3) is 0 Å². The van der Waals surface area contributed by atoms with Crippen molar-refractivity contribution in [3.8, 4) is 0 Å². The zero-order chi connectivity index (χ0) is 14.6. The molecule has 1 saturated heterocycles. The van der Waals surface area contributed by atoms with Crippen molar-refractivity contribution < 1.29 is 9.47 Å². The monoisotopic (exact) mass is 343 g/mol. The number of rotatable bonds is 6. The van der Waals surface area contributed by atoms with Crippen LogP contribution in [0.1, 0.15) is 6.42 Å². The van der Waals surface area contributed by atoms with Gasteiger partial charge in [0.25, 0.3) is 5.56 Å². The molecule has 0 saturated carbocycles. The van der Waals surface area contributed by atoms with E-state index in [0.717, 1.165) is 6.42 Å². The van der Waals surface area contributed by atoms with Gasteiger partial charge in [-0.05, 0) is 15.9 Å². The van der Waals surface area contributed by atoms with Crippen molar-refractivity contribution in [2.75, 3.05) is 32.2 Å². The molecular weight excluding hydrogens is 326 g/mol.